The molecule has 2 rings (SSSR count). The van der Waals surface area contributed by atoms with Crippen LogP contribution in [0.15, 0.2) is 48.7 Å². The summed E-state index contributed by atoms with van der Waals surface area (Å²) in [5.74, 6) is -3.87. The van der Waals surface area contributed by atoms with Gasteiger partial charge < -0.3 is 15.9 Å². The molecule has 1 aromatic heterocycles. The zero-order valence-corrected chi connectivity index (χ0v) is 13.1. The Morgan fingerprint density at radius 2 is 1.62 bits per heavy atom. The Morgan fingerprint density at radius 1 is 0.958 bits per heavy atom. The lowest BCUT2D eigenvalue weighted by atomic mass is 9.83. The Hall–Kier alpha value is -2.89. The Kier molecular flexibility index (Phi) is 5.89. The van der Waals surface area contributed by atoms with Crippen molar-refractivity contribution in [3.63, 3.8) is 0 Å². The average Bonchev–Trinajstić information content (AvgIpc) is 2.56. The molecule has 2 atom stereocenters. The molecule has 6 nitrogen and oxygen atoms in total. The van der Waals surface area contributed by atoms with E-state index in [-0.39, 0.29) is 12.8 Å². The molecular weight excluding hydrogens is 308 g/mol. The van der Waals surface area contributed by atoms with E-state index < -0.39 is 23.8 Å². The number of rotatable bonds is 8. The molecule has 24 heavy (non-hydrogen) atoms. The van der Waals surface area contributed by atoms with Gasteiger partial charge in [0.1, 0.15) is 5.82 Å². The molecule has 126 valence electrons. The van der Waals surface area contributed by atoms with Crippen molar-refractivity contribution in [1.82, 2.24) is 4.98 Å². The highest BCUT2D eigenvalue weighted by Crippen LogP contribution is 2.24. The van der Waals surface area contributed by atoms with Crippen molar-refractivity contribution >= 4 is 17.8 Å². The Labute approximate surface area is 140 Å². The van der Waals surface area contributed by atoms with Gasteiger partial charge in [0.05, 0.1) is 11.8 Å². The molecular formula is C18H20N2O4. The van der Waals surface area contributed by atoms with Crippen LogP contribution >= 0.6 is 0 Å². The van der Waals surface area contributed by atoms with Crippen LogP contribution in [-0.4, -0.2) is 27.1 Å². The predicted molar refractivity (Wildman–Crippen MR) is 89.4 cm³/mol. The van der Waals surface area contributed by atoms with E-state index in [0.717, 1.165) is 5.56 Å². The number of nitrogens with two attached hydrogens (primary N) is 1. The van der Waals surface area contributed by atoms with Gasteiger partial charge in [-0.1, -0.05) is 36.4 Å². The molecule has 0 fully saturated rings. The highest BCUT2D eigenvalue weighted by atomic mass is 16.4. The minimum atomic E-state index is -1.12. The first kappa shape index (κ1) is 17.5. The third-order valence-corrected chi connectivity index (χ3v) is 4.01. The normalized spacial score (nSPS) is 13.2. The lowest BCUT2D eigenvalue weighted by molar-refractivity contribution is -0.154. The molecule has 1 aromatic carbocycles. The van der Waals surface area contributed by atoms with E-state index in [0.29, 0.717) is 17.8 Å². The van der Waals surface area contributed by atoms with Gasteiger partial charge >= 0.3 is 11.9 Å². The Balaban J connectivity index is 2.13. The van der Waals surface area contributed by atoms with E-state index in [4.69, 9.17) is 5.73 Å². The monoisotopic (exact) mass is 328 g/mol. The number of nitrogen functional groups attached to an aromatic ring is 1. The summed E-state index contributed by atoms with van der Waals surface area (Å²) in [7, 11) is 0. The van der Waals surface area contributed by atoms with E-state index in [1.54, 1.807) is 12.1 Å². The van der Waals surface area contributed by atoms with Gasteiger partial charge in [0.2, 0.25) is 0 Å². The first-order chi connectivity index (χ1) is 11.5. The van der Waals surface area contributed by atoms with Gasteiger partial charge in [-0.3, -0.25) is 9.59 Å². The van der Waals surface area contributed by atoms with Crippen LogP contribution in [-0.2, 0) is 22.4 Å². The van der Waals surface area contributed by atoms with Crippen molar-refractivity contribution < 1.29 is 19.8 Å². The molecule has 2 unspecified atom stereocenters. The van der Waals surface area contributed by atoms with Crippen LogP contribution < -0.4 is 5.73 Å². The van der Waals surface area contributed by atoms with Crippen LogP contribution in [0.5, 0.6) is 0 Å². The van der Waals surface area contributed by atoms with E-state index in [1.165, 1.54) is 6.20 Å². The number of aromatic nitrogens is 1. The molecule has 0 aliphatic rings. The van der Waals surface area contributed by atoms with E-state index in [2.05, 4.69) is 4.98 Å². The highest BCUT2D eigenvalue weighted by molar-refractivity contribution is 5.80. The van der Waals surface area contributed by atoms with Gasteiger partial charge in [0, 0.05) is 6.20 Å². The first-order valence-electron chi connectivity index (χ1n) is 7.67. The Bertz CT molecular complexity index is 686. The number of carbonyl (C=O) groups is 2. The minimum absolute atomic E-state index is 0.106. The number of pyridine rings is 1. The van der Waals surface area contributed by atoms with E-state index in [9.17, 15) is 19.8 Å². The number of hydrogen-bond acceptors (Lipinski definition) is 4. The number of aliphatic carboxylic acids is 2. The number of carboxylic acids is 2. The fourth-order valence-corrected chi connectivity index (χ4v) is 2.68. The lowest BCUT2D eigenvalue weighted by Crippen LogP contribution is -2.32. The maximum Gasteiger partial charge on any atom is 0.307 e. The SMILES string of the molecule is Nc1ccc(CC(C(=O)O)C(CCc2ccccc2)C(=O)O)cn1. The quantitative estimate of drug-likeness (QED) is 0.685. The molecule has 0 bridgehead atoms. The molecule has 0 amide bonds. The van der Waals surface area contributed by atoms with Crippen molar-refractivity contribution in [3.05, 3.63) is 59.8 Å². The van der Waals surface area contributed by atoms with Crippen molar-refractivity contribution in [3.8, 4) is 0 Å². The third-order valence-electron chi connectivity index (χ3n) is 4.01. The molecule has 0 spiro atoms. The minimum Gasteiger partial charge on any atom is -0.481 e. The van der Waals surface area contributed by atoms with Crippen LogP contribution in [0.3, 0.4) is 0 Å². The molecule has 0 aliphatic heterocycles. The maximum atomic E-state index is 11.6. The molecule has 2 aromatic rings. The number of hydrogen-bond donors (Lipinski definition) is 3. The van der Waals surface area contributed by atoms with Crippen LogP contribution in [0.1, 0.15) is 17.5 Å². The summed E-state index contributed by atoms with van der Waals surface area (Å²) in [6, 6.07) is 12.7. The smallest absolute Gasteiger partial charge is 0.307 e. The summed E-state index contributed by atoms with van der Waals surface area (Å²) in [6.45, 7) is 0. The van der Waals surface area contributed by atoms with Crippen LogP contribution in [0.25, 0.3) is 0 Å². The van der Waals surface area contributed by atoms with Crippen molar-refractivity contribution in [2.75, 3.05) is 5.73 Å². The fourth-order valence-electron chi connectivity index (χ4n) is 2.68. The van der Waals surface area contributed by atoms with Crippen molar-refractivity contribution in [1.29, 1.82) is 0 Å². The Morgan fingerprint density at radius 3 is 2.17 bits per heavy atom. The second-order valence-corrected chi connectivity index (χ2v) is 5.71. The second-order valence-electron chi connectivity index (χ2n) is 5.71. The van der Waals surface area contributed by atoms with Gasteiger partial charge in [0.25, 0.3) is 0 Å². The molecule has 0 aliphatic carbocycles. The summed E-state index contributed by atoms with van der Waals surface area (Å²) in [4.78, 5) is 27.2. The molecule has 0 saturated carbocycles. The predicted octanol–water partition coefficient (Wildman–Crippen LogP) is 2.24. The number of anilines is 1. The first-order valence-corrected chi connectivity index (χ1v) is 7.67. The number of carboxylic acid groups (broad SMARTS) is 2. The molecule has 1 heterocycles. The molecule has 0 saturated heterocycles. The van der Waals surface area contributed by atoms with Crippen LogP contribution in [0.2, 0.25) is 0 Å². The summed E-state index contributed by atoms with van der Waals surface area (Å²) in [6.07, 6.45) is 2.37. The van der Waals surface area contributed by atoms with Crippen molar-refractivity contribution in [2.45, 2.75) is 19.3 Å². The van der Waals surface area contributed by atoms with Crippen molar-refractivity contribution in [2.24, 2.45) is 11.8 Å². The second kappa shape index (κ2) is 8.10. The summed E-state index contributed by atoms with van der Waals surface area (Å²) in [5, 5.41) is 19.0. The zero-order chi connectivity index (χ0) is 17.5. The van der Waals surface area contributed by atoms with Gasteiger partial charge in [-0.2, -0.15) is 0 Å². The van der Waals surface area contributed by atoms with Gasteiger partial charge in [-0.05, 0) is 36.5 Å². The lowest BCUT2D eigenvalue weighted by Gasteiger charge is -2.20. The molecule has 4 N–H and O–H groups in total. The number of aryl methyl sites for hydroxylation is 1. The molecule has 0 radical (unpaired) electrons. The van der Waals surface area contributed by atoms with Crippen LogP contribution in [0.4, 0.5) is 5.82 Å². The standard InChI is InChI=1S/C18H20N2O4/c19-16-9-7-13(11-20-16)10-15(18(23)24)14(17(21)22)8-6-12-4-2-1-3-5-12/h1-5,7,9,11,14-15H,6,8,10H2,(H2,19,20)(H,21,22)(H,23,24). The van der Waals surface area contributed by atoms with Gasteiger partial charge in [0.15, 0.2) is 0 Å². The number of nitrogens with zero attached hydrogens (tertiary/aromatic N) is 1. The number of benzene rings is 1. The maximum absolute atomic E-state index is 11.6. The zero-order valence-electron chi connectivity index (χ0n) is 13.1. The van der Waals surface area contributed by atoms with Gasteiger partial charge in [-0.25, -0.2) is 4.98 Å². The summed E-state index contributed by atoms with van der Waals surface area (Å²) in [5.41, 5.74) is 7.16. The topological polar surface area (TPSA) is 114 Å². The third kappa shape index (κ3) is 4.81. The highest BCUT2D eigenvalue weighted by Gasteiger charge is 2.33. The summed E-state index contributed by atoms with van der Waals surface area (Å²) >= 11 is 0. The van der Waals surface area contributed by atoms with E-state index in [1.807, 2.05) is 30.3 Å². The van der Waals surface area contributed by atoms with Gasteiger partial charge in [-0.15, -0.1) is 0 Å². The fraction of sp³-hybridized carbons (Fsp3) is 0.278. The van der Waals surface area contributed by atoms with E-state index >= 15 is 0 Å². The molecule has 6 heteroatoms. The summed E-state index contributed by atoms with van der Waals surface area (Å²) < 4.78 is 0. The largest absolute Gasteiger partial charge is 0.481 e. The average molecular weight is 328 g/mol. The van der Waals surface area contributed by atoms with Crippen LogP contribution in [0, 0.1) is 11.8 Å².